The number of hydrogen-bond donors (Lipinski definition) is 5. The van der Waals surface area contributed by atoms with E-state index in [9.17, 15) is 43.8 Å². The van der Waals surface area contributed by atoms with E-state index < -0.39 is 35.8 Å². The summed E-state index contributed by atoms with van der Waals surface area (Å²) >= 11 is 6.87. The van der Waals surface area contributed by atoms with Crippen LogP contribution in [-0.2, 0) is 55.8 Å². The molecule has 0 spiro atoms. The van der Waals surface area contributed by atoms with Crippen molar-refractivity contribution in [3.05, 3.63) is 90.5 Å². The van der Waals surface area contributed by atoms with Gasteiger partial charge in [0, 0.05) is 49.8 Å². The molecule has 0 aliphatic carbocycles. The maximum absolute atomic E-state index is 12.8. The number of aromatic nitrogens is 6. The Hall–Kier alpha value is -10.3. The average molecular weight is 1330 g/mol. The van der Waals surface area contributed by atoms with Gasteiger partial charge in [0.05, 0.1) is 103 Å². The topological polar surface area (TPSA) is 397 Å². The highest BCUT2D eigenvalue weighted by Gasteiger charge is 2.29. The molecule has 9 rings (SSSR count). The SMILES string of the molecule is CCOC(=O)c1cc(C(=O)OCC)c2c(n1)c(OC)c(OCC)c1cc(CC)[nH]c12.CCc1cc2c(Br)c(OC)c3nc(C(=O)OC)cc(C(=O)OC)c3c2[nH]1.COc1c(Br)c2cc(OC=O)nc2c2c(C(=O)O)cc(C(=O)O)[nH]c12.O=C=O.O=C=O. The smallest absolute Gasteiger partial charge is 0.373 e. The first kappa shape index (κ1) is 67.5. The average Bonchev–Trinajstić information content (AvgIpc) is 2.08. The zero-order chi connectivity index (χ0) is 64.6. The molecule has 0 radical (unpaired) electrons. The molecule has 9 aromatic rings. The molecule has 87 heavy (non-hydrogen) atoms. The van der Waals surface area contributed by atoms with Crippen LogP contribution in [0.15, 0.2) is 45.3 Å². The Labute approximate surface area is 507 Å². The van der Waals surface area contributed by atoms with Gasteiger partial charge in [0.2, 0.25) is 5.88 Å². The zero-order valence-corrected chi connectivity index (χ0v) is 50.9. The van der Waals surface area contributed by atoms with Crippen LogP contribution < -0.4 is 23.7 Å². The minimum atomic E-state index is -1.34. The lowest BCUT2D eigenvalue weighted by Crippen LogP contribution is -2.13. The number of aromatic amines is 3. The van der Waals surface area contributed by atoms with Crippen molar-refractivity contribution in [1.82, 2.24) is 29.9 Å². The first-order chi connectivity index (χ1) is 41.7. The molecule has 0 bridgehead atoms. The predicted octanol–water partition coefficient (Wildman–Crippen LogP) is 8.91. The fourth-order valence-electron chi connectivity index (χ4n) is 8.92. The predicted molar refractivity (Wildman–Crippen MR) is 311 cm³/mol. The van der Waals surface area contributed by atoms with Gasteiger partial charge in [-0.15, -0.1) is 0 Å². The van der Waals surface area contributed by atoms with Gasteiger partial charge in [-0.2, -0.15) is 19.2 Å². The van der Waals surface area contributed by atoms with Gasteiger partial charge in [-0.05, 0) is 95.8 Å². The Bertz CT molecular complexity index is 4220. The van der Waals surface area contributed by atoms with E-state index in [1.165, 1.54) is 53.7 Å². The molecule has 0 amide bonds. The third-order valence-corrected chi connectivity index (χ3v) is 14.0. The number of hydrogen-bond acceptors (Lipinski definition) is 23. The third kappa shape index (κ3) is 14.0. The molecule has 6 aromatic heterocycles. The van der Waals surface area contributed by atoms with Gasteiger partial charge in [-0.3, -0.25) is 4.79 Å². The molecule has 30 heteroatoms. The monoisotopic (exact) mass is 1330 g/mol. The van der Waals surface area contributed by atoms with Crippen molar-refractivity contribution in [3.8, 4) is 28.9 Å². The number of nitrogens with zero attached hydrogens (tertiary/aromatic N) is 3. The summed E-state index contributed by atoms with van der Waals surface area (Å²) in [4.78, 5) is 138. The molecule has 0 unspecified atom stereocenters. The molecule has 0 aliphatic heterocycles. The van der Waals surface area contributed by atoms with E-state index in [1.807, 2.05) is 32.9 Å². The number of pyridine rings is 3. The summed E-state index contributed by atoms with van der Waals surface area (Å²) in [6.45, 7) is 10.3. The second kappa shape index (κ2) is 30.5. The molecule has 456 valence electrons. The number of H-pyrrole nitrogens is 3. The molecule has 0 aliphatic rings. The summed E-state index contributed by atoms with van der Waals surface area (Å²) in [6.07, 6.45) is 2.04. The number of halogens is 2. The number of benzene rings is 3. The van der Waals surface area contributed by atoms with E-state index in [0.29, 0.717) is 71.0 Å². The van der Waals surface area contributed by atoms with Crippen LogP contribution >= 0.6 is 31.9 Å². The van der Waals surface area contributed by atoms with Gasteiger partial charge >= 0.3 is 48.1 Å². The summed E-state index contributed by atoms with van der Waals surface area (Å²) in [5.74, 6) is -3.67. The number of carboxylic acid groups (broad SMARTS) is 2. The van der Waals surface area contributed by atoms with E-state index in [4.69, 9.17) is 61.8 Å². The minimum Gasteiger partial charge on any atom is -0.493 e. The molecular weight excluding hydrogens is 1280 g/mol. The van der Waals surface area contributed by atoms with Gasteiger partial charge < -0.3 is 67.8 Å². The van der Waals surface area contributed by atoms with Crippen molar-refractivity contribution in [3.63, 3.8) is 0 Å². The number of esters is 4. The second-order valence-electron chi connectivity index (χ2n) is 17.0. The van der Waals surface area contributed by atoms with E-state index in [1.54, 1.807) is 13.8 Å². The molecule has 28 nitrogen and oxygen atoms in total. The molecule has 0 fully saturated rings. The Morgan fingerprint density at radius 2 is 1.00 bits per heavy atom. The number of rotatable bonds is 17. The Balaban J connectivity index is 0.000000228. The van der Waals surface area contributed by atoms with Crippen LogP contribution in [0.25, 0.3) is 65.4 Å². The maximum Gasteiger partial charge on any atom is 0.373 e. The van der Waals surface area contributed by atoms with Crippen molar-refractivity contribution in [2.45, 2.75) is 47.5 Å². The number of nitrogens with one attached hydrogen (secondary N) is 3. The van der Waals surface area contributed by atoms with Gasteiger partial charge in [0.1, 0.15) is 28.1 Å². The first-order valence-electron chi connectivity index (χ1n) is 25.4. The van der Waals surface area contributed by atoms with Crippen molar-refractivity contribution >= 4 is 152 Å². The molecular formula is C57H52Br2N6O22. The maximum atomic E-state index is 12.8. The summed E-state index contributed by atoms with van der Waals surface area (Å²) in [5, 5.41) is 22.0. The fourth-order valence-corrected chi connectivity index (χ4v) is 10.2. The number of aromatic carboxylic acids is 2. The van der Waals surface area contributed by atoms with Crippen LogP contribution in [0.4, 0.5) is 0 Å². The lowest BCUT2D eigenvalue weighted by Gasteiger charge is -2.16. The Morgan fingerprint density at radius 3 is 1.48 bits per heavy atom. The number of aryl methyl sites for hydroxylation is 2. The van der Waals surface area contributed by atoms with Gasteiger partial charge in [0.15, 0.2) is 23.0 Å². The van der Waals surface area contributed by atoms with Crippen molar-refractivity contribution in [1.29, 1.82) is 0 Å². The fraction of sp³-hybridized carbons (Fsp3) is 0.263. The summed E-state index contributed by atoms with van der Waals surface area (Å²) in [7, 11) is 6.89. The van der Waals surface area contributed by atoms with Crippen molar-refractivity contribution < 1.29 is 106 Å². The quantitative estimate of drug-likeness (QED) is 0.0322. The highest BCUT2D eigenvalue weighted by molar-refractivity contribution is 9.11. The summed E-state index contributed by atoms with van der Waals surface area (Å²) in [6, 6.07) is 9.16. The number of ether oxygens (including phenoxy) is 9. The minimum absolute atomic E-state index is 0.00484. The lowest BCUT2D eigenvalue weighted by molar-refractivity contribution is -0.193. The Kier molecular flexibility index (Phi) is 23.7. The normalized spacial score (nSPS) is 10.3. The number of carboxylic acids is 2. The first-order valence-corrected chi connectivity index (χ1v) is 27.0. The van der Waals surface area contributed by atoms with Crippen LogP contribution in [-0.4, -0.2) is 150 Å². The van der Waals surface area contributed by atoms with E-state index in [2.05, 4.69) is 61.8 Å². The number of methoxy groups -OCH3 is 5. The second-order valence-corrected chi connectivity index (χ2v) is 18.6. The number of carbonyl (C=O) groups is 7. The standard InChI is InChI=1S/C22H26N2O6.C18H17BrN2O5.C15H9BrN2O7.2CO2/c1-6-12-10-14-17(23-12)16-13(21(25)29-8-3)11-15(22(26)30-9-4)24-18(16)20(27-5)19(14)28-7-2;1-5-8-6-10-13(19)16(24-2)15-12(14(10)20-8)9(17(22)25-3)7-11(21-15)18(23)26-4;1-24-13-10(16)6-3-8(25-4-19)18-11(6)9-5(14(20)21)2-7(15(22)23)17-12(9)13;2*2-1-3/h10-11,23H,6-9H2,1-5H3;6-7,20H,5H2,1-4H3;2-4,17H,1H3,(H,20,21)(H,22,23);;. The molecule has 0 saturated carbocycles. The highest BCUT2D eigenvalue weighted by atomic mass is 79.9. The van der Waals surface area contributed by atoms with Gasteiger partial charge in [-0.25, -0.2) is 43.7 Å². The molecule has 5 N–H and O–H groups in total. The van der Waals surface area contributed by atoms with Crippen molar-refractivity contribution in [2.24, 2.45) is 0 Å². The molecule has 0 saturated heterocycles. The van der Waals surface area contributed by atoms with E-state index in [0.717, 1.165) is 41.1 Å². The molecule has 3 aromatic carbocycles. The molecule has 0 atom stereocenters. The number of carbonyl (C=O) groups excluding carboxylic acids is 9. The highest BCUT2D eigenvalue weighted by Crippen LogP contribution is 2.46. The van der Waals surface area contributed by atoms with E-state index >= 15 is 0 Å². The molecule has 6 heterocycles. The zero-order valence-electron chi connectivity index (χ0n) is 47.7. The summed E-state index contributed by atoms with van der Waals surface area (Å²) < 4.78 is 48.2. The Morgan fingerprint density at radius 1 is 0.517 bits per heavy atom. The van der Waals surface area contributed by atoms with Crippen molar-refractivity contribution in [2.75, 3.05) is 55.4 Å². The van der Waals surface area contributed by atoms with Gasteiger partial charge in [-0.1, -0.05) is 13.8 Å². The largest absolute Gasteiger partial charge is 0.493 e. The third-order valence-electron chi connectivity index (χ3n) is 12.4. The van der Waals surface area contributed by atoms with Crippen LogP contribution in [0, 0.1) is 0 Å². The summed E-state index contributed by atoms with van der Waals surface area (Å²) in [5.41, 5.74) is 4.18. The van der Waals surface area contributed by atoms with E-state index in [-0.39, 0.29) is 93.8 Å². The van der Waals surface area contributed by atoms with Crippen LogP contribution in [0.3, 0.4) is 0 Å². The van der Waals surface area contributed by atoms with Gasteiger partial charge in [0.25, 0.3) is 6.47 Å². The lowest BCUT2D eigenvalue weighted by atomic mass is 10.0. The number of fused-ring (bicyclic) bond motifs is 9. The van der Waals surface area contributed by atoms with Crippen LogP contribution in [0.2, 0.25) is 0 Å². The van der Waals surface area contributed by atoms with Crippen LogP contribution in [0.5, 0.6) is 28.9 Å². The van der Waals surface area contributed by atoms with Crippen LogP contribution in [0.1, 0.15) is 109 Å².